The number of para-hydroxylation sites is 1. The van der Waals surface area contributed by atoms with Crippen LogP contribution >= 0.6 is 0 Å². The number of rotatable bonds is 11. The van der Waals surface area contributed by atoms with E-state index in [0.29, 0.717) is 6.61 Å². The summed E-state index contributed by atoms with van der Waals surface area (Å²) in [5.41, 5.74) is 3.55. The van der Waals surface area contributed by atoms with E-state index in [9.17, 15) is 0 Å². The molecule has 1 aliphatic rings. The number of piperazine rings is 1. The third-order valence-corrected chi connectivity index (χ3v) is 6.55. The topological polar surface area (TPSA) is 43.4 Å². The summed E-state index contributed by atoms with van der Waals surface area (Å²) in [7, 11) is 5.03. The highest BCUT2D eigenvalue weighted by Crippen LogP contribution is 2.38. The highest BCUT2D eigenvalue weighted by Gasteiger charge is 2.22. The summed E-state index contributed by atoms with van der Waals surface area (Å²) in [6, 6.07) is 22.7. The van der Waals surface area contributed by atoms with Gasteiger partial charge in [0.2, 0.25) is 0 Å². The summed E-state index contributed by atoms with van der Waals surface area (Å²) in [5.74, 6) is 3.28. The van der Waals surface area contributed by atoms with E-state index in [-0.39, 0.29) is 0 Å². The molecule has 3 aromatic carbocycles. The fourth-order valence-electron chi connectivity index (χ4n) is 4.60. The van der Waals surface area contributed by atoms with Crippen LogP contribution in [-0.4, -0.2) is 70.5 Å². The molecule has 6 heteroatoms. The van der Waals surface area contributed by atoms with Crippen molar-refractivity contribution < 1.29 is 18.9 Å². The number of nitrogens with zero attached hydrogens (tertiary/aromatic N) is 2. The van der Waals surface area contributed by atoms with Gasteiger partial charge in [-0.1, -0.05) is 48.5 Å². The minimum Gasteiger partial charge on any atom is -0.496 e. The molecular formula is C29H36N2O4. The highest BCUT2D eigenvalue weighted by molar-refractivity contribution is 5.54. The van der Waals surface area contributed by atoms with E-state index in [2.05, 4.69) is 58.3 Å². The van der Waals surface area contributed by atoms with Crippen LogP contribution in [0.5, 0.6) is 23.0 Å². The number of benzene rings is 3. The van der Waals surface area contributed by atoms with Gasteiger partial charge in [-0.05, 0) is 29.3 Å². The van der Waals surface area contributed by atoms with Crippen molar-refractivity contribution in [2.75, 3.05) is 60.7 Å². The minimum atomic E-state index is 0.684. The Kier molecular flexibility index (Phi) is 8.87. The normalized spacial score (nSPS) is 14.5. The van der Waals surface area contributed by atoms with Gasteiger partial charge in [0.05, 0.1) is 26.9 Å². The van der Waals surface area contributed by atoms with E-state index in [1.807, 2.05) is 18.2 Å². The largest absolute Gasteiger partial charge is 0.496 e. The molecule has 0 spiro atoms. The van der Waals surface area contributed by atoms with Crippen LogP contribution in [0, 0.1) is 0 Å². The first kappa shape index (κ1) is 24.9. The Bertz CT molecular complexity index is 1070. The zero-order valence-electron chi connectivity index (χ0n) is 21.0. The molecule has 0 saturated carbocycles. The van der Waals surface area contributed by atoms with Crippen LogP contribution in [0.15, 0.2) is 66.7 Å². The van der Waals surface area contributed by atoms with Crippen molar-refractivity contribution in [1.29, 1.82) is 0 Å². The third kappa shape index (κ3) is 6.47. The summed E-state index contributed by atoms with van der Waals surface area (Å²) >= 11 is 0. The summed E-state index contributed by atoms with van der Waals surface area (Å²) in [6.07, 6.45) is 0.882. The molecule has 0 bridgehead atoms. The maximum atomic E-state index is 6.22. The lowest BCUT2D eigenvalue weighted by molar-refractivity contribution is 0.111. The lowest BCUT2D eigenvalue weighted by Gasteiger charge is -2.35. The Hall–Kier alpha value is -3.22. The Morgan fingerprint density at radius 2 is 1.31 bits per heavy atom. The fourth-order valence-corrected chi connectivity index (χ4v) is 4.60. The SMILES string of the molecule is COc1ccc(OC)c(OC)c1CN1CCN(CCOc2ccccc2Cc2ccccc2)CC1. The molecular weight excluding hydrogens is 440 g/mol. The summed E-state index contributed by atoms with van der Waals surface area (Å²) in [4.78, 5) is 4.91. The van der Waals surface area contributed by atoms with Crippen molar-refractivity contribution >= 4 is 0 Å². The molecule has 0 aromatic heterocycles. The molecule has 0 aliphatic carbocycles. The van der Waals surface area contributed by atoms with Gasteiger partial charge in [-0.2, -0.15) is 0 Å². The molecule has 1 saturated heterocycles. The van der Waals surface area contributed by atoms with Gasteiger partial charge >= 0.3 is 0 Å². The van der Waals surface area contributed by atoms with Crippen molar-refractivity contribution in [2.24, 2.45) is 0 Å². The predicted octanol–water partition coefficient (Wildman–Crippen LogP) is 4.50. The maximum absolute atomic E-state index is 6.22. The smallest absolute Gasteiger partial charge is 0.168 e. The zero-order valence-corrected chi connectivity index (χ0v) is 21.0. The van der Waals surface area contributed by atoms with Gasteiger partial charge in [0.1, 0.15) is 18.1 Å². The van der Waals surface area contributed by atoms with E-state index in [0.717, 1.165) is 74.3 Å². The van der Waals surface area contributed by atoms with Gasteiger partial charge < -0.3 is 18.9 Å². The van der Waals surface area contributed by atoms with E-state index in [4.69, 9.17) is 18.9 Å². The van der Waals surface area contributed by atoms with Crippen molar-refractivity contribution in [1.82, 2.24) is 9.80 Å². The molecule has 1 fully saturated rings. The van der Waals surface area contributed by atoms with Gasteiger partial charge in [0.15, 0.2) is 11.5 Å². The highest BCUT2D eigenvalue weighted by atomic mass is 16.5. The van der Waals surface area contributed by atoms with Crippen LogP contribution in [0.3, 0.4) is 0 Å². The monoisotopic (exact) mass is 476 g/mol. The van der Waals surface area contributed by atoms with E-state index in [1.54, 1.807) is 21.3 Å². The minimum absolute atomic E-state index is 0.684. The second kappa shape index (κ2) is 12.5. The van der Waals surface area contributed by atoms with Crippen LogP contribution in [0.2, 0.25) is 0 Å². The van der Waals surface area contributed by atoms with Crippen LogP contribution in [0.25, 0.3) is 0 Å². The van der Waals surface area contributed by atoms with Crippen molar-refractivity contribution in [3.63, 3.8) is 0 Å². The second-order valence-corrected chi connectivity index (χ2v) is 8.72. The quantitative estimate of drug-likeness (QED) is 0.406. The molecule has 0 atom stereocenters. The van der Waals surface area contributed by atoms with Crippen LogP contribution in [0.1, 0.15) is 16.7 Å². The number of methoxy groups -OCH3 is 3. The number of ether oxygens (including phenoxy) is 4. The first-order chi connectivity index (χ1) is 17.2. The van der Waals surface area contributed by atoms with Gasteiger partial charge in [-0.25, -0.2) is 0 Å². The number of hydrogen-bond donors (Lipinski definition) is 0. The van der Waals surface area contributed by atoms with Crippen molar-refractivity contribution in [2.45, 2.75) is 13.0 Å². The first-order valence-corrected chi connectivity index (χ1v) is 12.2. The summed E-state index contributed by atoms with van der Waals surface area (Å²) in [5, 5.41) is 0. The van der Waals surface area contributed by atoms with Crippen LogP contribution < -0.4 is 18.9 Å². The zero-order chi connectivity index (χ0) is 24.5. The molecule has 1 aliphatic heterocycles. The van der Waals surface area contributed by atoms with E-state index < -0.39 is 0 Å². The second-order valence-electron chi connectivity index (χ2n) is 8.72. The lowest BCUT2D eigenvalue weighted by Crippen LogP contribution is -2.47. The van der Waals surface area contributed by atoms with Crippen LogP contribution in [-0.2, 0) is 13.0 Å². The molecule has 0 amide bonds. The fraction of sp³-hybridized carbons (Fsp3) is 0.379. The van der Waals surface area contributed by atoms with Gasteiger partial charge in [0.25, 0.3) is 0 Å². The molecule has 0 radical (unpaired) electrons. The summed E-state index contributed by atoms with van der Waals surface area (Å²) in [6.45, 7) is 6.33. The van der Waals surface area contributed by atoms with E-state index in [1.165, 1.54) is 11.1 Å². The first-order valence-electron chi connectivity index (χ1n) is 12.2. The predicted molar refractivity (Wildman–Crippen MR) is 139 cm³/mol. The van der Waals surface area contributed by atoms with Gasteiger partial charge in [0, 0.05) is 45.7 Å². The molecule has 35 heavy (non-hydrogen) atoms. The van der Waals surface area contributed by atoms with Crippen LogP contribution in [0.4, 0.5) is 0 Å². The van der Waals surface area contributed by atoms with Crippen molar-refractivity contribution in [3.05, 3.63) is 83.4 Å². The molecule has 1 heterocycles. The Morgan fingerprint density at radius 3 is 2.03 bits per heavy atom. The third-order valence-electron chi connectivity index (χ3n) is 6.55. The van der Waals surface area contributed by atoms with Gasteiger partial charge in [-0.3, -0.25) is 9.80 Å². The number of hydrogen-bond acceptors (Lipinski definition) is 6. The van der Waals surface area contributed by atoms with E-state index >= 15 is 0 Å². The van der Waals surface area contributed by atoms with Crippen molar-refractivity contribution in [3.8, 4) is 23.0 Å². The average molecular weight is 477 g/mol. The van der Waals surface area contributed by atoms with Gasteiger partial charge in [-0.15, -0.1) is 0 Å². The molecule has 186 valence electrons. The Balaban J connectivity index is 1.28. The molecule has 3 aromatic rings. The molecule has 4 rings (SSSR count). The average Bonchev–Trinajstić information content (AvgIpc) is 2.91. The lowest BCUT2D eigenvalue weighted by atomic mass is 10.0. The molecule has 0 unspecified atom stereocenters. The summed E-state index contributed by atoms with van der Waals surface area (Å²) < 4.78 is 23.0. The molecule has 0 N–H and O–H groups in total. The Morgan fingerprint density at radius 1 is 0.657 bits per heavy atom. The molecule has 6 nitrogen and oxygen atoms in total. The maximum Gasteiger partial charge on any atom is 0.168 e. The Labute approximate surface area is 209 Å². The standard InChI is InChI=1S/C29H36N2O4/c1-32-27-13-14-28(33-2)29(34-3)25(27)22-31-17-15-30(16-18-31)19-20-35-26-12-8-7-11-24(26)21-23-9-5-4-6-10-23/h4-14H,15-22H2,1-3H3.